The third-order valence-electron chi connectivity index (χ3n) is 5.60. The number of fused-ring (bicyclic) bond motifs is 1. The largest absolute Gasteiger partial charge is 0.478 e. The topological polar surface area (TPSA) is 70.3 Å². The second kappa shape index (κ2) is 10.4. The number of hydrogen-bond acceptors (Lipinski definition) is 6. The maximum atomic E-state index is 5.91. The molecule has 0 atom stereocenters. The number of ether oxygens (including phenoxy) is 2. The third-order valence-corrected chi connectivity index (χ3v) is 5.60. The van der Waals surface area contributed by atoms with Crippen LogP contribution in [0.2, 0.25) is 0 Å². The molecule has 5 aromatic rings. The molecule has 0 N–H and O–H groups in total. The van der Waals surface area contributed by atoms with Gasteiger partial charge in [0.05, 0.1) is 19.3 Å². The number of nitrogens with zero attached hydrogens (tertiary/aromatic N) is 3. The lowest BCUT2D eigenvalue weighted by atomic mass is 10.1. The van der Waals surface area contributed by atoms with Gasteiger partial charge in [0.15, 0.2) is 11.4 Å². The van der Waals surface area contributed by atoms with Crippen LogP contribution in [0.4, 0.5) is 0 Å². The third kappa shape index (κ3) is 5.28. The van der Waals surface area contributed by atoms with Gasteiger partial charge in [0, 0.05) is 11.1 Å². The summed E-state index contributed by atoms with van der Waals surface area (Å²) in [6, 6.07) is 24.0. The van der Waals surface area contributed by atoms with E-state index in [4.69, 9.17) is 13.9 Å². The maximum Gasteiger partial charge on any atom is 0.227 e. The van der Waals surface area contributed by atoms with Crippen LogP contribution in [-0.2, 0) is 0 Å². The van der Waals surface area contributed by atoms with Crippen molar-refractivity contribution in [3.05, 3.63) is 89.5 Å². The fourth-order valence-corrected chi connectivity index (χ4v) is 3.81. The smallest absolute Gasteiger partial charge is 0.227 e. The SMILES string of the molecule is CCOc1cc(OCC)nc(-c2ccc(/C=C/c3ccc(-c4nc5cc(C)ccc5o4)cc3)cc2)n1. The van der Waals surface area contributed by atoms with Crippen molar-refractivity contribution >= 4 is 23.3 Å². The summed E-state index contributed by atoms with van der Waals surface area (Å²) in [4.78, 5) is 13.6. The molecule has 0 amide bonds. The van der Waals surface area contributed by atoms with Gasteiger partial charge in [-0.05, 0) is 61.7 Å². The van der Waals surface area contributed by atoms with Crippen molar-refractivity contribution in [2.75, 3.05) is 13.2 Å². The number of aromatic nitrogens is 3. The Morgan fingerprint density at radius 2 is 1.28 bits per heavy atom. The Bertz CT molecular complexity index is 1480. The second-order valence-corrected chi connectivity index (χ2v) is 8.30. The molecule has 0 fully saturated rings. The van der Waals surface area contributed by atoms with Crippen LogP contribution < -0.4 is 9.47 Å². The maximum absolute atomic E-state index is 5.91. The van der Waals surface area contributed by atoms with Gasteiger partial charge in [-0.1, -0.05) is 54.6 Å². The predicted octanol–water partition coefficient (Wildman–Crippen LogP) is 7.23. The summed E-state index contributed by atoms with van der Waals surface area (Å²) >= 11 is 0. The van der Waals surface area contributed by atoms with Gasteiger partial charge in [-0.25, -0.2) is 4.98 Å². The lowest BCUT2D eigenvalue weighted by molar-refractivity contribution is 0.306. The molecule has 6 heteroatoms. The molecule has 2 aromatic heterocycles. The normalized spacial score (nSPS) is 11.3. The first-order chi connectivity index (χ1) is 17.6. The van der Waals surface area contributed by atoms with Gasteiger partial charge in [0.25, 0.3) is 0 Å². The molecule has 6 nitrogen and oxygen atoms in total. The van der Waals surface area contributed by atoms with E-state index in [1.165, 1.54) is 0 Å². The van der Waals surface area contributed by atoms with Crippen molar-refractivity contribution in [2.24, 2.45) is 0 Å². The quantitative estimate of drug-likeness (QED) is 0.220. The average Bonchev–Trinajstić information content (AvgIpc) is 3.32. The van der Waals surface area contributed by atoms with Gasteiger partial charge in [0.2, 0.25) is 17.7 Å². The highest BCUT2D eigenvalue weighted by molar-refractivity contribution is 5.77. The van der Waals surface area contributed by atoms with Crippen molar-refractivity contribution in [1.82, 2.24) is 15.0 Å². The van der Waals surface area contributed by atoms with Gasteiger partial charge >= 0.3 is 0 Å². The van der Waals surface area contributed by atoms with E-state index in [1.54, 1.807) is 6.07 Å². The van der Waals surface area contributed by atoms with Gasteiger partial charge in [-0.15, -0.1) is 0 Å². The van der Waals surface area contributed by atoms with Crippen molar-refractivity contribution in [2.45, 2.75) is 20.8 Å². The van der Waals surface area contributed by atoms with Crippen LogP contribution >= 0.6 is 0 Å². The van der Waals surface area contributed by atoms with Gasteiger partial charge in [0.1, 0.15) is 5.52 Å². The molecular weight excluding hydrogens is 450 g/mol. The molecule has 2 heterocycles. The minimum atomic E-state index is 0.506. The molecule has 3 aromatic carbocycles. The van der Waals surface area contributed by atoms with E-state index in [1.807, 2.05) is 68.4 Å². The van der Waals surface area contributed by atoms with Crippen LogP contribution in [0.1, 0.15) is 30.5 Å². The van der Waals surface area contributed by atoms with E-state index in [2.05, 4.69) is 46.2 Å². The van der Waals surface area contributed by atoms with Crippen molar-refractivity contribution in [3.8, 4) is 34.6 Å². The molecule has 0 radical (unpaired) electrons. The van der Waals surface area contributed by atoms with E-state index >= 15 is 0 Å². The highest BCUT2D eigenvalue weighted by Gasteiger charge is 2.09. The lowest BCUT2D eigenvalue weighted by Crippen LogP contribution is -2.01. The Balaban J connectivity index is 1.30. The zero-order valence-electron chi connectivity index (χ0n) is 20.6. The lowest BCUT2D eigenvalue weighted by Gasteiger charge is -2.09. The molecule has 0 aliphatic carbocycles. The summed E-state index contributed by atoms with van der Waals surface area (Å²) in [5.41, 5.74) is 6.84. The minimum absolute atomic E-state index is 0.506. The summed E-state index contributed by atoms with van der Waals surface area (Å²) in [6.45, 7) is 6.96. The molecule has 180 valence electrons. The fraction of sp³-hybridized carbons (Fsp3) is 0.167. The Morgan fingerprint density at radius 1 is 0.694 bits per heavy atom. The van der Waals surface area contributed by atoms with E-state index in [0.717, 1.165) is 38.9 Å². The zero-order chi connectivity index (χ0) is 24.9. The van der Waals surface area contributed by atoms with Gasteiger partial charge < -0.3 is 13.9 Å². The number of hydrogen-bond donors (Lipinski definition) is 0. The number of benzene rings is 3. The molecule has 5 rings (SSSR count). The van der Waals surface area contributed by atoms with Crippen molar-refractivity contribution in [3.63, 3.8) is 0 Å². The Hall–Kier alpha value is -4.45. The number of aryl methyl sites for hydroxylation is 1. The first-order valence-corrected chi connectivity index (χ1v) is 12.0. The van der Waals surface area contributed by atoms with E-state index in [0.29, 0.717) is 36.7 Å². The Labute approximate surface area is 210 Å². The summed E-state index contributed by atoms with van der Waals surface area (Å²) in [7, 11) is 0. The predicted molar refractivity (Wildman–Crippen MR) is 143 cm³/mol. The first-order valence-electron chi connectivity index (χ1n) is 12.0. The summed E-state index contributed by atoms with van der Waals surface area (Å²) in [5.74, 6) is 2.22. The Morgan fingerprint density at radius 3 is 1.86 bits per heavy atom. The number of oxazole rings is 1. The van der Waals surface area contributed by atoms with Crippen LogP contribution in [-0.4, -0.2) is 28.2 Å². The van der Waals surface area contributed by atoms with Gasteiger partial charge in [-0.2, -0.15) is 9.97 Å². The molecule has 0 unspecified atom stereocenters. The van der Waals surface area contributed by atoms with Crippen LogP contribution in [0.15, 0.2) is 77.2 Å². The zero-order valence-corrected chi connectivity index (χ0v) is 20.6. The molecule has 36 heavy (non-hydrogen) atoms. The molecule has 0 spiro atoms. The Kier molecular flexibility index (Phi) is 6.76. The number of rotatable bonds is 8. The molecule has 0 aliphatic rings. The van der Waals surface area contributed by atoms with Crippen molar-refractivity contribution in [1.29, 1.82) is 0 Å². The van der Waals surface area contributed by atoms with E-state index in [9.17, 15) is 0 Å². The van der Waals surface area contributed by atoms with Crippen LogP contribution in [0.25, 0.3) is 46.1 Å². The van der Waals surface area contributed by atoms with Crippen LogP contribution in [0.5, 0.6) is 11.8 Å². The minimum Gasteiger partial charge on any atom is -0.478 e. The highest BCUT2D eigenvalue weighted by atomic mass is 16.5. The fourth-order valence-electron chi connectivity index (χ4n) is 3.81. The summed E-state index contributed by atoms with van der Waals surface area (Å²) in [5, 5.41) is 0. The molecule has 0 aliphatic heterocycles. The summed E-state index contributed by atoms with van der Waals surface area (Å²) in [6.07, 6.45) is 4.15. The van der Waals surface area contributed by atoms with E-state index in [-0.39, 0.29) is 0 Å². The molecule has 0 saturated carbocycles. The average molecular weight is 478 g/mol. The molecular formula is C30H27N3O3. The summed E-state index contributed by atoms with van der Waals surface area (Å²) < 4.78 is 17.1. The second-order valence-electron chi connectivity index (χ2n) is 8.30. The molecule has 0 saturated heterocycles. The highest BCUT2D eigenvalue weighted by Crippen LogP contribution is 2.26. The standard InChI is InChI=1S/C30H27N3O3/c1-4-34-27-19-28(35-5-2)33-29(32-27)23-13-9-21(10-14-23)7-8-22-11-15-24(16-12-22)30-31-25-18-20(3)6-17-26(25)36-30/h6-19H,4-5H2,1-3H3/b8-7+. The monoisotopic (exact) mass is 477 g/mol. The van der Waals surface area contributed by atoms with Crippen molar-refractivity contribution < 1.29 is 13.9 Å². The molecule has 0 bridgehead atoms. The first kappa shape index (κ1) is 23.3. The van der Waals surface area contributed by atoms with Crippen LogP contribution in [0.3, 0.4) is 0 Å². The van der Waals surface area contributed by atoms with E-state index < -0.39 is 0 Å². The van der Waals surface area contributed by atoms with Gasteiger partial charge in [-0.3, -0.25) is 0 Å². The van der Waals surface area contributed by atoms with Crippen LogP contribution in [0, 0.1) is 6.92 Å².